The zero-order valence-corrected chi connectivity index (χ0v) is 14.9. The van der Waals surface area contributed by atoms with Crippen molar-refractivity contribution in [3.8, 4) is 11.3 Å². The third-order valence-electron chi connectivity index (χ3n) is 5.42. The van der Waals surface area contributed by atoms with Crippen molar-refractivity contribution in [1.29, 1.82) is 0 Å². The van der Waals surface area contributed by atoms with Crippen molar-refractivity contribution in [1.82, 2.24) is 19.5 Å². The lowest BCUT2D eigenvalue weighted by Gasteiger charge is -2.52. The maximum absolute atomic E-state index is 12.6. The monoisotopic (exact) mass is 367 g/mol. The minimum Gasteiger partial charge on any atom is -0.318 e. The lowest BCUT2D eigenvalue weighted by molar-refractivity contribution is 0.0173. The molecule has 2 bridgehead atoms. The predicted octanol–water partition coefficient (Wildman–Crippen LogP) is 4.21. The Morgan fingerprint density at radius 3 is 2.88 bits per heavy atom. The highest BCUT2D eigenvalue weighted by molar-refractivity contribution is 6.33. The second-order valence-corrected chi connectivity index (χ2v) is 7.39. The zero-order chi connectivity index (χ0) is 17.7. The van der Waals surface area contributed by atoms with E-state index in [2.05, 4.69) is 15.4 Å². The number of rotatable bonds is 2. The number of aromatic nitrogens is 3. The summed E-state index contributed by atoms with van der Waals surface area (Å²) in [5.41, 5.74) is 3.12. The van der Waals surface area contributed by atoms with E-state index in [0.29, 0.717) is 22.8 Å². The van der Waals surface area contributed by atoms with Crippen LogP contribution in [0.15, 0.2) is 42.9 Å². The van der Waals surface area contributed by atoms with Crippen molar-refractivity contribution in [2.45, 2.75) is 37.8 Å². The van der Waals surface area contributed by atoms with Gasteiger partial charge in [-0.25, -0.2) is 9.31 Å². The normalized spacial score (nSPS) is 21.5. The molecule has 0 aliphatic carbocycles. The second kappa shape index (κ2) is 5.99. The minimum absolute atomic E-state index is 0.0188. The lowest BCUT2D eigenvalue weighted by atomic mass is 9.80. The molecule has 3 aromatic rings. The first-order valence-corrected chi connectivity index (χ1v) is 9.25. The molecule has 5 rings (SSSR count). The number of hydrogen-bond donors (Lipinski definition) is 1. The third-order valence-corrected chi connectivity index (χ3v) is 5.74. The summed E-state index contributed by atoms with van der Waals surface area (Å²) < 4.78 is 1.76. The molecule has 2 aliphatic rings. The second-order valence-electron chi connectivity index (χ2n) is 6.98. The van der Waals surface area contributed by atoms with Crippen LogP contribution in [0, 0.1) is 0 Å². The van der Waals surface area contributed by atoms with Crippen LogP contribution in [-0.4, -0.2) is 37.6 Å². The van der Waals surface area contributed by atoms with Crippen LogP contribution in [-0.2, 0) is 0 Å². The van der Waals surface area contributed by atoms with E-state index in [1.165, 1.54) is 6.42 Å². The van der Waals surface area contributed by atoms with E-state index in [9.17, 15) is 4.79 Å². The first kappa shape index (κ1) is 15.6. The number of carbonyl (C=O) groups excluding carboxylic acids is 1. The van der Waals surface area contributed by atoms with E-state index in [0.717, 1.165) is 36.0 Å². The fraction of sp³-hybridized carbons (Fsp3) is 0.316. The van der Waals surface area contributed by atoms with Gasteiger partial charge in [-0.05, 0) is 49.9 Å². The SMILES string of the molecule is O=C(Nc1ccc(Cl)c(-c2cn3nccc3cn2)c1)N1C2CCCC1C2. The van der Waals surface area contributed by atoms with Crippen LogP contribution in [0.4, 0.5) is 10.5 Å². The quantitative estimate of drug-likeness (QED) is 0.738. The molecule has 2 atom stereocenters. The largest absolute Gasteiger partial charge is 0.322 e. The number of hydrogen-bond acceptors (Lipinski definition) is 3. The van der Waals surface area contributed by atoms with Gasteiger partial charge in [0.2, 0.25) is 0 Å². The highest BCUT2D eigenvalue weighted by Crippen LogP contribution is 2.38. The van der Waals surface area contributed by atoms with Gasteiger partial charge < -0.3 is 10.2 Å². The number of urea groups is 1. The van der Waals surface area contributed by atoms with Crippen LogP contribution in [0.3, 0.4) is 0 Å². The Bertz CT molecular complexity index is 987. The number of nitrogens with one attached hydrogen (secondary N) is 1. The van der Waals surface area contributed by atoms with Crippen LogP contribution >= 0.6 is 11.6 Å². The molecule has 2 aromatic heterocycles. The average Bonchev–Trinajstić information content (AvgIpc) is 3.11. The maximum Gasteiger partial charge on any atom is 0.322 e. The molecule has 1 aromatic carbocycles. The van der Waals surface area contributed by atoms with Crippen LogP contribution in [0.1, 0.15) is 25.7 Å². The van der Waals surface area contributed by atoms with Crippen LogP contribution < -0.4 is 5.32 Å². The Hall–Kier alpha value is -2.60. The molecular formula is C19H18ClN5O. The molecule has 0 radical (unpaired) electrons. The van der Waals surface area contributed by atoms with Crippen LogP contribution in [0.5, 0.6) is 0 Å². The van der Waals surface area contributed by atoms with Gasteiger partial charge in [0.15, 0.2) is 0 Å². The summed E-state index contributed by atoms with van der Waals surface area (Å²) in [5.74, 6) is 0. The van der Waals surface area contributed by atoms with Gasteiger partial charge in [-0.2, -0.15) is 5.10 Å². The predicted molar refractivity (Wildman–Crippen MR) is 100 cm³/mol. The van der Waals surface area contributed by atoms with Crippen LogP contribution in [0.25, 0.3) is 16.8 Å². The van der Waals surface area contributed by atoms with E-state index >= 15 is 0 Å². The number of amides is 2. The number of piperidine rings is 1. The number of benzene rings is 1. The van der Waals surface area contributed by atoms with Crippen molar-refractivity contribution in [2.75, 3.05) is 5.32 Å². The third kappa shape index (κ3) is 2.52. The summed E-state index contributed by atoms with van der Waals surface area (Å²) in [7, 11) is 0. The maximum atomic E-state index is 12.6. The molecular weight excluding hydrogens is 350 g/mol. The smallest absolute Gasteiger partial charge is 0.318 e. The van der Waals surface area contributed by atoms with Crippen molar-refractivity contribution >= 4 is 28.8 Å². The summed E-state index contributed by atoms with van der Waals surface area (Å²) >= 11 is 6.38. The van der Waals surface area contributed by atoms with Gasteiger partial charge in [0.25, 0.3) is 0 Å². The van der Waals surface area contributed by atoms with Gasteiger partial charge in [-0.1, -0.05) is 11.6 Å². The Kier molecular flexibility index (Phi) is 3.60. The molecule has 2 unspecified atom stereocenters. The molecule has 26 heavy (non-hydrogen) atoms. The molecule has 4 heterocycles. The van der Waals surface area contributed by atoms with E-state index in [1.54, 1.807) is 23.0 Å². The Morgan fingerprint density at radius 2 is 2.08 bits per heavy atom. The Labute approximate surface area is 155 Å². The molecule has 2 saturated heterocycles. The van der Waals surface area contributed by atoms with Crippen LogP contribution in [0.2, 0.25) is 5.02 Å². The topological polar surface area (TPSA) is 62.5 Å². The van der Waals surface area contributed by atoms with Crippen molar-refractivity contribution < 1.29 is 4.79 Å². The average molecular weight is 368 g/mol. The molecule has 1 N–H and O–H groups in total. The molecule has 6 nitrogen and oxygen atoms in total. The van der Waals surface area contributed by atoms with Gasteiger partial charge in [0.05, 0.1) is 34.8 Å². The summed E-state index contributed by atoms with van der Waals surface area (Å²) in [6, 6.07) is 8.17. The summed E-state index contributed by atoms with van der Waals surface area (Å²) in [6.45, 7) is 0. The van der Waals surface area contributed by atoms with Gasteiger partial charge in [0.1, 0.15) is 0 Å². The summed E-state index contributed by atoms with van der Waals surface area (Å²) in [4.78, 5) is 19.1. The van der Waals surface area contributed by atoms with Gasteiger partial charge >= 0.3 is 6.03 Å². The standard InChI is InChI=1S/C19H18ClN5O/c20-17-5-4-12(23-19(26)25-13-2-1-3-14(25)9-13)8-16(17)18-11-24-15(10-21-18)6-7-22-24/h4-8,10-11,13-14H,1-3,9H2,(H,23,26). The Morgan fingerprint density at radius 1 is 1.23 bits per heavy atom. The van der Waals surface area contributed by atoms with E-state index in [4.69, 9.17) is 11.6 Å². The van der Waals surface area contributed by atoms with E-state index in [-0.39, 0.29) is 6.03 Å². The lowest BCUT2D eigenvalue weighted by Crippen LogP contribution is -2.62. The summed E-state index contributed by atoms with van der Waals surface area (Å²) in [5, 5.41) is 7.84. The number of carbonyl (C=O) groups is 1. The summed E-state index contributed by atoms with van der Waals surface area (Å²) in [6.07, 6.45) is 9.92. The van der Waals surface area contributed by atoms with E-state index in [1.807, 2.05) is 29.3 Å². The fourth-order valence-corrected chi connectivity index (χ4v) is 4.30. The molecule has 132 valence electrons. The number of fused-ring (bicyclic) bond motifs is 3. The molecule has 2 aliphatic heterocycles. The number of nitrogens with zero attached hydrogens (tertiary/aromatic N) is 4. The molecule has 0 saturated carbocycles. The van der Waals surface area contributed by atoms with Gasteiger partial charge in [-0.3, -0.25) is 4.98 Å². The number of anilines is 1. The van der Waals surface area contributed by atoms with E-state index < -0.39 is 0 Å². The Balaban J connectivity index is 1.42. The van der Waals surface area contributed by atoms with Gasteiger partial charge in [0, 0.05) is 23.3 Å². The van der Waals surface area contributed by atoms with Crippen molar-refractivity contribution in [3.05, 3.63) is 47.9 Å². The first-order valence-electron chi connectivity index (χ1n) is 8.88. The minimum atomic E-state index is -0.0188. The molecule has 2 amide bonds. The number of halogens is 1. The fourth-order valence-electron chi connectivity index (χ4n) is 4.08. The first-order chi connectivity index (χ1) is 12.7. The zero-order valence-electron chi connectivity index (χ0n) is 14.1. The van der Waals surface area contributed by atoms with Crippen molar-refractivity contribution in [3.63, 3.8) is 0 Å². The van der Waals surface area contributed by atoms with Crippen molar-refractivity contribution in [2.24, 2.45) is 0 Å². The molecule has 7 heteroatoms. The highest BCUT2D eigenvalue weighted by atomic mass is 35.5. The molecule has 2 fully saturated rings. The highest BCUT2D eigenvalue weighted by Gasteiger charge is 2.44. The van der Waals surface area contributed by atoms with Gasteiger partial charge in [-0.15, -0.1) is 0 Å². The molecule has 0 spiro atoms.